The van der Waals surface area contributed by atoms with Gasteiger partial charge in [-0.05, 0) is 42.0 Å². The number of nitrogens with one attached hydrogen (secondary N) is 1. The zero-order valence-electron chi connectivity index (χ0n) is 18.8. The van der Waals surface area contributed by atoms with E-state index in [4.69, 9.17) is 20.3 Å². The predicted molar refractivity (Wildman–Crippen MR) is 128 cm³/mol. The Labute approximate surface area is 195 Å². The van der Waals surface area contributed by atoms with Crippen molar-refractivity contribution in [1.29, 1.82) is 0 Å². The molecule has 176 valence electrons. The van der Waals surface area contributed by atoms with Crippen molar-refractivity contribution in [3.8, 4) is 22.8 Å². The number of aromatic nitrogens is 3. The lowest BCUT2D eigenvalue weighted by Gasteiger charge is -2.14. The van der Waals surface area contributed by atoms with Crippen LogP contribution in [0.4, 0.5) is 10.6 Å². The first kappa shape index (κ1) is 23.0. The number of hydrogen-bond donors (Lipinski definition) is 4. The molecule has 10 nitrogen and oxygen atoms in total. The number of carbonyl (C=O) groups is 1. The fourth-order valence-corrected chi connectivity index (χ4v) is 3.89. The molecule has 1 amide bonds. The first-order valence-corrected chi connectivity index (χ1v) is 10.6. The van der Waals surface area contributed by atoms with Crippen LogP contribution in [0, 0.1) is 0 Å². The van der Waals surface area contributed by atoms with Gasteiger partial charge in [0.1, 0.15) is 5.82 Å². The van der Waals surface area contributed by atoms with Crippen LogP contribution in [0.1, 0.15) is 12.0 Å². The second-order valence-electron chi connectivity index (χ2n) is 7.79. The van der Waals surface area contributed by atoms with Gasteiger partial charge in [0.2, 0.25) is 0 Å². The zero-order chi connectivity index (χ0) is 24.2. The number of rotatable bonds is 8. The lowest BCUT2D eigenvalue weighted by molar-refractivity contribution is 0.175. The van der Waals surface area contributed by atoms with Crippen molar-refractivity contribution >= 4 is 33.6 Å². The summed E-state index contributed by atoms with van der Waals surface area (Å²) in [6, 6.07) is 7.00. The molecule has 0 bridgehead atoms. The number of carboxylic acid groups (broad SMARTS) is 1. The molecule has 0 saturated heterocycles. The maximum absolute atomic E-state index is 10.9. The molecule has 5 N–H and O–H groups in total. The number of aliphatic hydroxyl groups excluding tert-OH is 1. The number of nitrogens with zero attached hydrogens (tertiary/aromatic N) is 3. The number of benzene rings is 1. The van der Waals surface area contributed by atoms with E-state index in [1.165, 1.54) is 0 Å². The van der Waals surface area contributed by atoms with Gasteiger partial charge in [-0.3, -0.25) is 9.97 Å². The number of anilines is 1. The number of methoxy groups -OCH3 is 2. The third kappa shape index (κ3) is 4.62. The topological polar surface area (TPSA) is 153 Å². The minimum Gasteiger partial charge on any atom is -0.493 e. The van der Waals surface area contributed by atoms with Crippen LogP contribution in [0.5, 0.6) is 11.5 Å². The Bertz CT molecular complexity index is 1360. The van der Waals surface area contributed by atoms with E-state index < -0.39 is 12.1 Å². The van der Waals surface area contributed by atoms with Crippen molar-refractivity contribution in [2.24, 2.45) is 0 Å². The van der Waals surface area contributed by atoms with Gasteiger partial charge in [-0.15, -0.1) is 0 Å². The smallest absolute Gasteiger partial charge is 0.404 e. The highest BCUT2D eigenvalue weighted by Crippen LogP contribution is 2.36. The van der Waals surface area contributed by atoms with E-state index in [-0.39, 0.29) is 6.61 Å². The first-order valence-electron chi connectivity index (χ1n) is 10.6. The van der Waals surface area contributed by atoms with Crippen molar-refractivity contribution in [3.63, 3.8) is 0 Å². The summed E-state index contributed by atoms with van der Waals surface area (Å²) in [5.41, 5.74) is 9.32. The average molecular weight is 463 g/mol. The highest BCUT2D eigenvalue weighted by molar-refractivity contribution is 6.10. The Morgan fingerprint density at radius 2 is 1.82 bits per heavy atom. The van der Waals surface area contributed by atoms with Crippen molar-refractivity contribution in [1.82, 2.24) is 20.3 Å². The molecule has 3 aromatic heterocycles. The highest BCUT2D eigenvalue weighted by Gasteiger charge is 2.15. The monoisotopic (exact) mass is 463 g/mol. The number of nitrogens with two attached hydrogens (primary N) is 1. The van der Waals surface area contributed by atoms with Crippen LogP contribution in [0.2, 0.25) is 0 Å². The average Bonchev–Trinajstić information content (AvgIpc) is 2.85. The molecule has 4 rings (SSSR count). The molecule has 1 atom stereocenters. The first-order chi connectivity index (χ1) is 16.4. The van der Waals surface area contributed by atoms with Crippen LogP contribution < -0.4 is 20.5 Å². The highest BCUT2D eigenvalue weighted by atomic mass is 16.5. The van der Waals surface area contributed by atoms with Crippen molar-refractivity contribution in [2.45, 2.75) is 18.9 Å². The Hall–Kier alpha value is -4.18. The fourth-order valence-electron chi connectivity index (χ4n) is 3.89. The van der Waals surface area contributed by atoms with Crippen LogP contribution in [0.25, 0.3) is 32.9 Å². The molecule has 0 aliphatic heterocycles. The molecular formula is C24H25N5O5. The van der Waals surface area contributed by atoms with Gasteiger partial charge in [0, 0.05) is 41.0 Å². The van der Waals surface area contributed by atoms with Gasteiger partial charge in [0.05, 0.1) is 38.1 Å². The third-order valence-electron chi connectivity index (χ3n) is 5.63. The maximum atomic E-state index is 10.9. The lowest BCUT2D eigenvalue weighted by atomic mass is 10.0. The Balaban J connectivity index is 1.74. The van der Waals surface area contributed by atoms with Crippen LogP contribution in [0.3, 0.4) is 0 Å². The second kappa shape index (κ2) is 9.75. The third-order valence-corrected chi connectivity index (χ3v) is 5.63. The summed E-state index contributed by atoms with van der Waals surface area (Å²) in [5, 5.41) is 23.0. The van der Waals surface area contributed by atoms with E-state index in [1.54, 1.807) is 32.8 Å². The van der Waals surface area contributed by atoms with E-state index >= 15 is 0 Å². The van der Waals surface area contributed by atoms with Gasteiger partial charge < -0.3 is 30.7 Å². The lowest BCUT2D eigenvalue weighted by Crippen LogP contribution is -2.36. The van der Waals surface area contributed by atoms with E-state index in [0.29, 0.717) is 35.9 Å². The van der Waals surface area contributed by atoms with Gasteiger partial charge >= 0.3 is 6.09 Å². The number of pyridine rings is 3. The van der Waals surface area contributed by atoms with Crippen molar-refractivity contribution in [2.75, 3.05) is 26.6 Å². The summed E-state index contributed by atoms with van der Waals surface area (Å²) in [4.78, 5) is 24.2. The number of aryl methyl sites for hydroxylation is 1. The molecule has 10 heteroatoms. The summed E-state index contributed by atoms with van der Waals surface area (Å²) in [7, 11) is 3.15. The van der Waals surface area contributed by atoms with E-state index in [2.05, 4.69) is 20.3 Å². The molecule has 0 aliphatic carbocycles. The number of fused-ring (bicyclic) bond motifs is 3. The quantitative estimate of drug-likeness (QED) is 0.289. The van der Waals surface area contributed by atoms with E-state index in [0.717, 1.165) is 32.8 Å². The molecule has 0 radical (unpaired) electrons. The van der Waals surface area contributed by atoms with Crippen LogP contribution >= 0.6 is 0 Å². The fraction of sp³-hybridized carbons (Fsp3) is 0.250. The van der Waals surface area contributed by atoms with Gasteiger partial charge in [0.15, 0.2) is 11.5 Å². The minimum absolute atomic E-state index is 0.280. The molecule has 4 aromatic rings. The number of nitrogen functional groups attached to an aromatic ring is 1. The van der Waals surface area contributed by atoms with E-state index in [9.17, 15) is 9.90 Å². The minimum atomic E-state index is -1.17. The zero-order valence-corrected chi connectivity index (χ0v) is 18.8. The van der Waals surface area contributed by atoms with Gasteiger partial charge in [0.25, 0.3) is 0 Å². The van der Waals surface area contributed by atoms with Crippen LogP contribution in [-0.4, -0.2) is 58.1 Å². The van der Waals surface area contributed by atoms with E-state index in [1.807, 2.05) is 24.3 Å². The standard InChI is InChI=1S/C24H25N5O5/c1-33-21-7-17-16-6-19(29-23(25)18(16)11-27-20(17)8-22(21)34-2)14-5-13(9-26-10-14)3-4-15(12-30)28-24(31)32/h5-11,15,28,30H,3-4,12H2,1-2H3,(H2,25,29)(H,31,32)/t15-/m1/s1. The molecule has 0 saturated carbocycles. The predicted octanol–water partition coefficient (Wildman–Crippen LogP) is 3.01. The maximum Gasteiger partial charge on any atom is 0.404 e. The van der Waals surface area contributed by atoms with Crippen LogP contribution in [-0.2, 0) is 6.42 Å². The molecule has 0 fully saturated rings. The number of aliphatic hydroxyl groups is 1. The van der Waals surface area contributed by atoms with Crippen molar-refractivity contribution < 1.29 is 24.5 Å². The molecular weight excluding hydrogens is 438 g/mol. The molecule has 0 spiro atoms. The Morgan fingerprint density at radius 1 is 1.06 bits per heavy atom. The summed E-state index contributed by atoms with van der Waals surface area (Å²) in [6.07, 6.45) is 4.88. The molecule has 0 unspecified atom stereocenters. The Kier molecular flexibility index (Phi) is 6.60. The summed E-state index contributed by atoms with van der Waals surface area (Å²) in [5.74, 6) is 1.51. The molecule has 1 aromatic carbocycles. The van der Waals surface area contributed by atoms with Gasteiger partial charge in [-0.2, -0.15) is 0 Å². The number of hydrogen-bond acceptors (Lipinski definition) is 8. The van der Waals surface area contributed by atoms with Gasteiger partial charge in [-0.1, -0.05) is 0 Å². The summed E-state index contributed by atoms with van der Waals surface area (Å²) < 4.78 is 10.9. The van der Waals surface area contributed by atoms with Gasteiger partial charge in [-0.25, -0.2) is 9.78 Å². The van der Waals surface area contributed by atoms with Crippen LogP contribution in [0.15, 0.2) is 42.9 Å². The van der Waals surface area contributed by atoms with Crippen molar-refractivity contribution in [3.05, 3.63) is 48.4 Å². The number of ether oxygens (including phenoxy) is 2. The molecule has 3 heterocycles. The molecule has 34 heavy (non-hydrogen) atoms. The molecule has 0 aliphatic rings. The SMILES string of the molecule is COc1cc2ncc3c(N)nc(-c4cncc(CC[C@H](CO)NC(=O)O)c4)cc3c2cc1OC. The largest absolute Gasteiger partial charge is 0.493 e. The number of amides is 1. The second-order valence-corrected chi connectivity index (χ2v) is 7.79. The normalized spacial score (nSPS) is 12.0. The summed E-state index contributed by atoms with van der Waals surface area (Å²) >= 11 is 0. The summed E-state index contributed by atoms with van der Waals surface area (Å²) in [6.45, 7) is -0.280. The Morgan fingerprint density at radius 3 is 2.53 bits per heavy atom.